The molecule has 3 aromatic rings. The van der Waals surface area contributed by atoms with Gasteiger partial charge in [-0.2, -0.15) is 10.4 Å². The minimum absolute atomic E-state index is 0.105. The molecule has 0 radical (unpaired) electrons. The van der Waals surface area contributed by atoms with Crippen LogP contribution in [-0.4, -0.2) is 67.8 Å². The summed E-state index contributed by atoms with van der Waals surface area (Å²) in [6, 6.07) is 10.1. The Hall–Kier alpha value is -4.13. The second-order valence-electron chi connectivity index (χ2n) is 10.6. The third-order valence-corrected chi connectivity index (χ3v) is 6.51. The van der Waals surface area contributed by atoms with Crippen LogP contribution in [0.5, 0.6) is 0 Å². The quantitative estimate of drug-likeness (QED) is 0.520. The highest BCUT2D eigenvalue weighted by atomic mass is 16.6. The molecule has 37 heavy (non-hydrogen) atoms. The number of ether oxygens (including phenoxy) is 1. The van der Waals surface area contributed by atoms with Gasteiger partial charge in [0.1, 0.15) is 23.5 Å². The number of rotatable bonds is 4. The van der Waals surface area contributed by atoms with Gasteiger partial charge in [-0.05, 0) is 64.2 Å². The third-order valence-electron chi connectivity index (χ3n) is 6.51. The van der Waals surface area contributed by atoms with E-state index < -0.39 is 11.7 Å². The fourth-order valence-electron chi connectivity index (χ4n) is 4.44. The van der Waals surface area contributed by atoms with Gasteiger partial charge in [0, 0.05) is 31.9 Å². The van der Waals surface area contributed by atoms with Crippen molar-refractivity contribution in [1.29, 1.82) is 5.26 Å². The molecule has 192 valence electrons. The minimum atomic E-state index is -0.587. The highest BCUT2D eigenvalue weighted by Crippen LogP contribution is 2.40. The summed E-state index contributed by atoms with van der Waals surface area (Å²) in [4.78, 5) is 33.3. The molecule has 2 amide bonds. The smallest absolute Gasteiger partial charge is 0.410 e. The molecule has 1 saturated carbocycles. The highest BCUT2D eigenvalue weighted by Gasteiger charge is 2.34. The molecule has 1 atom stereocenters. The first kappa shape index (κ1) is 24.6. The first-order chi connectivity index (χ1) is 17.6. The number of carbonyl (C=O) groups is 2. The van der Waals surface area contributed by atoms with E-state index in [1.807, 2.05) is 39.8 Å². The van der Waals surface area contributed by atoms with E-state index in [2.05, 4.69) is 28.3 Å². The van der Waals surface area contributed by atoms with E-state index >= 15 is 0 Å². The van der Waals surface area contributed by atoms with Crippen molar-refractivity contribution in [3.8, 4) is 23.3 Å². The first-order valence-corrected chi connectivity index (χ1v) is 12.5. The van der Waals surface area contributed by atoms with Crippen LogP contribution in [0.4, 0.5) is 4.79 Å². The van der Waals surface area contributed by atoms with E-state index in [1.165, 1.54) is 24.7 Å². The van der Waals surface area contributed by atoms with Crippen molar-refractivity contribution in [1.82, 2.24) is 24.6 Å². The van der Waals surface area contributed by atoms with Gasteiger partial charge < -0.3 is 19.0 Å². The molecule has 2 aliphatic rings. The minimum Gasteiger partial charge on any atom is -0.444 e. The average Bonchev–Trinajstić information content (AvgIpc) is 3.43. The first-order valence-electron chi connectivity index (χ1n) is 12.5. The molecule has 10 nitrogen and oxygen atoms in total. The number of hydrogen-bond acceptors (Lipinski definition) is 7. The van der Waals surface area contributed by atoms with Crippen LogP contribution in [0, 0.1) is 11.3 Å². The molecule has 3 heterocycles. The summed E-state index contributed by atoms with van der Waals surface area (Å²) in [6.45, 7) is 8.39. The van der Waals surface area contributed by atoms with Gasteiger partial charge in [-0.25, -0.2) is 14.5 Å². The fraction of sp³-hybridized carbons (Fsp3) is 0.444. The molecule has 1 aliphatic heterocycles. The van der Waals surface area contributed by atoms with Crippen LogP contribution in [0.1, 0.15) is 68.1 Å². The Kier molecular flexibility index (Phi) is 6.23. The summed E-state index contributed by atoms with van der Waals surface area (Å²) in [5.41, 5.74) is 2.25. The lowest BCUT2D eigenvalue weighted by atomic mass is 10.1. The van der Waals surface area contributed by atoms with Gasteiger partial charge >= 0.3 is 6.09 Å². The van der Waals surface area contributed by atoms with E-state index in [0.29, 0.717) is 31.1 Å². The monoisotopic (exact) mass is 502 g/mol. The number of benzene rings is 1. The molecule has 1 aliphatic carbocycles. The van der Waals surface area contributed by atoms with E-state index in [0.717, 1.165) is 5.69 Å². The van der Waals surface area contributed by atoms with Gasteiger partial charge in [0.25, 0.3) is 5.91 Å². The Morgan fingerprint density at radius 1 is 1.16 bits per heavy atom. The summed E-state index contributed by atoms with van der Waals surface area (Å²) >= 11 is 0. The molecule has 10 heteroatoms. The number of piperazine rings is 1. The van der Waals surface area contributed by atoms with Crippen molar-refractivity contribution in [3.05, 3.63) is 53.5 Å². The fourth-order valence-corrected chi connectivity index (χ4v) is 4.44. The zero-order valence-electron chi connectivity index (χ0n) is 21.5. The maximum Gasteiger partial charge on any atom is 0.410 e. The van der Waals surface area contributed by atoms with Crippen molar-refractivity contribution in [2.45, 2.75) is 58.1 Å². The topological polar surface area (TPSA) is 117 Å². The lowest BCUT2D eigenvalue weighted by Gasteiger charge is -2.39. The van der Waals surface area contributed by atoms with Crippen molar-refractivity contribution >= 4 is 12.0 Å². The maximum absolute atomic E-state index is 13.1. The van der Waals surface area contributed by atoms with Crippen LogP contribution < -0.4 is 0 Å². The van der Waals surface area contributed by atoms with Crippen molar-refractivity contribution in [2.24, 2.45) is 0 Å². The molecule has 0 spiro atoms. The Bertz CT molecular complexity index is 1360. The van der Waals surface area contributed by atoms with E-state index in [1.54, 1.807) is 20.7 Å². The Morgan fingerprint density at radius 2 is 1.89 bits per heavy atom. The predicted octanol–water partition coefficient (Wildman–Crippen LogP) is 4.36. The summed E-state index contributed by atoms with van der Waals surface area (Å²) in [6.07, 6.45) is 4.98. The lowest BCUT2D eigenvalue weighted by molar-refractivity contribution is 0.00189. The van der Waals surface area contributed by atoms with Crippen LogP contribution in [0.25, 0.3) is 17.3 Å². The van der Waals surface area contributed by atoms with Crippen molar-refractivity contribution in [2.75, 3.05) is 19.6 Å². The average molecular weight is 503 g/mol. The molecule has 2 fully saturated rings. The number of carbonyl (C=O) groups excluding carboxylic acids is 2. The number of oxazole rings is 1. The molecule has 1 saturated heterocycles. The Morgan fingerprint density at radius 3 is 2.51 bits per heavy atom. The SMILES string of the molecule is C[C@H]1CN(C(=O)c2coc(-c3nn(-c4ccc(C5CC5)cc4)cc3C#N)n2)CCN1C(=O)OC(C)(C)C. The molecular formula is C27H30N6O4. The van der Waals surface area contributed by atoms with Gasteiger partial charge in [-0.3, -0.25) is 4.79 Å². The summed E-state index contributed by atoms with van der Waals surface area (Å²) < 4.78 is 12.7. The largest absolute Gasteiger partial charge is 0.444 e. The van der Waals surface area contributed by atoms with Crippen LogP contribution in [0.2, 0.25) is 0 Å². The Balaban J connectivity index is 1.29. The molecule has 2 aromatic heterocycles. The predicted molar refractivity (Wildman–Crippen MR) is 134 cm³/mol. The van der Waals surface area contributed by atoms with Gasteiger partial charge in [-0.15, -0.1) is 0 Å². The van der Waals surface area contributed by atoms with Crippen LogP contribution >= 0.6 is 0 Å². The number of aromatic nitrogens is 3. The van der Waals surface area contributed by atoms with E-state index in [4.69, 9.17) is 9.15 Å². The summed E-state index contributed by atoms with van der Waals surface area (Å²) in [7, 11) is 0. The van der Waals surface area contributed by atoms with Gasteiger partial charge in [0.2, 0.25) is 5.89 Å². The molecule has 1 aromatic carbocycles. The second-order valence-corrected chi connectivity index (χ2v) is 10.6. The standard InChI is InChI=1S/C27H30N6O4/c1-17-14-31(11-12-32(17)26(35)37-27(2,3)4)25(34)22-16-36-24(29-22)23-20(13-28)15-33(30-23)21-9-7-19(8-10-21)18-5-6-18/h7-10,15-18H,5-6,11-12,14H2,1-4H3/t17-/m0/s1. The van der Waals surface area contributed by atoms with Gasteiger partial charge in [0.15, 0.2) is 11.4 Å². The van der Waals surface area contributed by atoms with Crippen molar-refractivity contribution in [3.63, 3.8) is 0 Å². The maximum atomic E-state index is 13.1. The molecule has 0 unspecified atom stereocenters. The van der Waals surface area contributed by atoms with E-state index in [9.17, 15) is 14.9 Å². The molecular weight excluding hydrogens is 472 g/mol. The second kappa shape index (κ2) is 9.39. The highest BCUT2D eigenvalue weighted by molar-refractivity contribution is 5.92. The van der Waals surface area contributed by atoms with Crippen molar-refractivity contribution < 1.29 is 18.7 Å². The molecule has 5 rings (SSSR count). The van der Waals surface area contributed by atoms with Crippen LogP contribution in [0.3, 0.4) is 0 Å². The zero-order valence-corrected chi connectivity index (χ0v) is 21.5. The third kappa shape index (κ3) is 5.21. The Labute approximate surface area is 215 Å². The van der Waals surface area contributed by atoms with E-state index in [-0.39, 0.29) is 29.2 Å². The van der Waals surface area contributed by atoms with Gasteiger partial charge in [0.05, 0.1) is 5.69 Å². The number of nitriles is 1. The van der Waals surface area contributed by atoms with Crippen LogP contribution in [-0.2, 0) is 4.74 Å². The lowest BCUT2D eigenvalue weighted by Crippen LogP contribution is -2.56. The number of nitrogens with zero attached hydrogens (tertiary/aromatic N) is 6. The van der Waals surface area contributed by atoms with Gasteiger partial charge in [-0.1, -0.05) is 12.1 Å². The summed E-state index contributed by atoms with van der Waals surface area (Å²) in [5, 5.41) is 14.2. The zero-order chi connectivity index (χ0) is 26.3. The summed E-state index contributed by atoms with van der Waals surface area (Å²) in [5.74, 6) is 0.455. The number of amides is 2. The van der Waals surface area contributed by atoms with Crippen LogP contribution in [0.15, 0.2) is 41.1 Å². The molecule has 0 bridgehead atoms. The number of hydrogen-bond donors (Lipinski definition) is 0. The molecule has 0 N–H and O–H groups in total. The normalized spacial score (nSPS) is 18.0.